The highest BCUT2D eigenvalue weighted by atomic mass is 15.3. The molecule has 0 spiro atoms. The van der Waals surface area contributed by atoms with Crippen LogP contribution in [0.4, 0.5) is 11.6 Å². The molecule has 94 valence electrons. The molecule has 1 aliphatic heterocycles. The Bertz CT molecular complexity index is 391. The molecule has 2 rings (SSSR count). The van der Waals surface area contributed by atoms with Crippen LogP contribution in [0.5, 0.6) is 0 Å². The zero-order valence-corrected chi connectivity index (χ0v) is 11.2. The number of aromatic nitrogens is 2. The van der Waals surface area contributed by atoms with Crippen molar-refractivity contribution in [1.29, 1.82) is 0 Å². The average molecular weight is 234 g/mol. The summed E-state index contributed by atoms with van der Waals surface area (Å²) in [7, 11) is 1.91. The molecular formula is C13H22N4. The summed E-state index contributed by atoms with van der Waals surface area (Å²) in [6.45, 7) is 6.64. The molecule has 1 saturated heterocycles. The van der Waals surface area contributed by atoms with Gasteiger partial charge in [0.15, 0.2) is 0 Å². The minimum atomic E-state index is 0.582. The van der Waals surface area contributed by atoms with Crippen LogP contribution in [0, 0.1) is 6.92 Å². The fraction of sp³-hybridized carbons (Fsp3) is 0.692. The monoisotopic (exact) mass is 234 g/mol. The molecule has 0 saturated carbocycles. The van der Waals surface area contributed by atoms with Crippen LogP contribution >= 0.6 is 0 Å². The molecular weight excluding hydrogens is 212 g/mol. The summed E-state index contributed by atoms with van der Waals surface area (Å²) in [4.78, 5) is 11.2. The van der Waals surface area contributed by atoms with E-state index in [4.69, 9.17) is 0 Å². The molecule has 1 aliphatic rings. The van der Waals surface area contributed by atoms with Crippen LogP contribution in [0.15, 0.2) is 6.33 Å². The van der Waals surface area contributed by atoms with E-state index in [1.807, 2.05) is 7.05 Å². The van der Waals surface area contributed by atoms with E-state index in [2.05, 4.69) is 41.0 Å². The van der Waals surface area contributed by atoms with Gasteiger partial charge in [0.1, 0.15) is 18.0 Å². The van der Waals surface area contributed by atoms with Crippen LogP contribution in [0.2, 0.25) is 0 Å². The average Bonchev–Trinajstić information content (AvgIpc) is 2.71. The number of nitrogens with zero attached hydrogens (tertiary/aromatic N) is 3. The Kier molecular flexibility index (Phi) is 3.50. The molecule has 1 N–H and O–H groups in total. The second-order valence-corrected chi connectivity index (χ2v) is 4.82. The highest BCUT2D eigenvalue weighted by molar-refractivity contribution is 5.59. The predicted octanol–water partition coefficient (Wildman–Crippen LogP) is 2.59. The summed E-state index contributed by atoms with van der Waals surface area (Å²) in [6, 6.07) is 1.21. The molecule has 0 aromatic carbocycles. The number of anilines is 2. The first-order valence-corrected chi connectivity index (χ1v) is 6.46. The Morgan fingerprint density at radius 2 is 2.18 bits per heavy atom. The maximum Gasteiger partial charge on any atom is 0.137 e. The largest absolute Gasteiger partial charge is 0.373 e. The molecule has 1 aromatic heterocycles. The van der Waals surface area contributed by atoms with Crippen molar-refractivity contribution in [2.45, 2.75) is 52.1 Å². The Labute approximate surface area is 103 Å². The summed E-state index contributed by atoms with van der Waals surface area (Å²) in [6.07, 6.45) is 5.38. The molecule has 4 heteroatoms. The molecule has 2 atom stereocenters. The Balaban J connectivity index is 2.38. The van der Waals surface area contributed by atoms with E-state index in [9.17, 15) is 0 Å². The van der Waals surface area contributed by atoms with Gasteiger partial charge < -0.3 is 10.2 Å². The van der Waals surface area contributed by atoms with Gasteiger partial charge in [-0.2, -0.15) is 0 Å². The molecule has 0 amide bonds. The molecule has 0 bridgehead atoms. The van der Waals surface area contributed by atoms with Crippen LogP contribution < -0.4 is 10.2 Å². The summed E-state index contributed by atoms with van der Waals surface area (Å²) in [5.74, 6) is 2.03. The number of hydrogen-bond donors (Lipinski definition) is 1. The van der Waals surface area contributed by atoms with Crippen LogP contribution in [-0.4, -0.2) is 29.1 Å². The smallest absolute Gasteiger partial charge is 0.137 e. The van der Waals surface area contributed by atoms with E-state index in [1.165, 1.54) is 19.3 Å². The van der Waals surface area contributed by atoms with E-state index in [-0.39, 0.29) is 0 Å². The van der Waals surface area contributed by atoms with E-state index in [0.29, 0.717) is 12.1 Å². The van der Waals surface area contributed by atoms with Gasteiger partial charge in [0.2, 0.25) is 0 Å². The topological polar surface area (TPSA) is 41.1 Å². The fourth-order valence-electron chi connectivity index (χ4n) is 2.81. The SMILES string of the molecule is CCC1CCC(C)N1c1ncnc(NC)c1C. The summed E-state index contributed by atoms with van der Waals surface area (Å²) in [5, 5.41) is 3.13. The van der Waals surface area contributed by atoms with Crippen molar-refractivity contribution in [2.75, 3.05) is 17.3 Å². The number of nitrogens with one attached hydrogen (secondary N) is 1. The van der Waals surface area contributed by atoms with Gasteiger partial charge in [-0.3, -0.25) is 0 Å². The zero-order chi connectivity index (χ0) is 12.4. The van der Waals surface area contributed by atoms with E-state index >= 15 is 0 Å². The van der Waals surface area contributed by atoms with Crippen molar-refractivity contribution in [1.82, 2.24) is 9.97 Å². The lowest BCUT2D eigenvalue weighted by Crippen LogP contribution is -2.35. The predicted molar refractivity (Wildman–Crippen MR) is 71.6 cm³/mol. The molecule has 1 aromatic rings. The molecule has 2 unspecified atom stereocenters. The summed E-state index contributed by atoms with van der Waals surface area (Å²) in [5.41, 5.74) is 1.15. The lowest BCUT2D eigenvalue weighted by Gasteiger charge is -2.30. The third kappa shape index (κ3) is 2.08. The van der Waals surface area contributed by atoms with Gasteiger partial charge in [-0.15, -0.1) is 0 Å². The zero-order valence-electron chi connectivity index (χ0n) is 11.2. The van der Waals surface area contributed by atoms with Gasteiger partial charge in [-0.05, 0) is 33.1 Å². The number of hydrogen-bond acceptors (Lipinski definition) is 4. The van der Waals surface area contributed by atoms with E-state index in [0.717, 1.165) is 17.2 Å². The first kappa shape index (κ1) is 12.1. The quantitative estimate of drug-likeness (QED) is 0.872. The summed E-state index contributed by atoms with van der Waals surface area (Å²) >= 11 is 0. The minimum Gasteiger partial charge on any atom is -0.373 e. The van der Waals surface area contributed by atoms with Crippen molar-refractivity contribution in [3.8, 4) is 0 Å². The third-order valence-corrected chi connectivity index (χ3v) is 3.80. The highest BCUT2D eigenvalue weighted by Crippen LogP contribution is 2.33. The Hall–Kier alpha value is -1.32. The lowest BCUT2D eigenvalue weighted by atomic mass is 10.1. The van der Waals surface area contributed by atoms with Crippen LogP contribution in [0.3, 0.4) is 0 Å². The normalized spacial score (nSPS) is 24.1. The van der Waals surface area contributed by atoms with Crippen molar-refractivity contribution in [3.05, 3.63) is 11.9 Å². The van der Waals surface area contributed by atoms with Crippen LogP contribution in [0.25, 0.3) is 0 Å². The van der Waals surface area contributed by atoms with Gasteiger partial charge in [0.25, 0.3) is 0 Å². The minimum absolute atomic E-state index is 0.582. The molecule has 0 radical (unpaired) electrons. The first-order chi connectivity index (χ1) is 8.19. The highest BCUT2D eigenvalue weighted by Gasteiger charge is 2.31. The fourth-order valence-corrected chi connectivity index (χ4v) is 2.81. The Morgan fingerprint density at radius 3 is 2.82 bits per heavy atom. The molecule has 1 fully saturated rings. The lowest BCUT2D eigenvalue weighted by molar-refractivity contribution is 0.619. The van der Waals surface area contributed by atoms with Crippen molar-refractivity contribution < 1.29 is 0 Å². The second kappa shape index (κ2) is 4.90. The van der Waals surface area contributed by atoms with Gasteiger partial charge >= 0.3 is 0 Å². The van der Waals surface area contributed by atoms with Gasteiger partial charge in [-0.1, -0.05) is 6.92 Å². The van der Waals surface area contributed by atoms with Gasteiger partial charge in [0, 0.05) is 24.7 Å². The van der Waals surface area contributed by atoms with Gasteiger partial charge in [-0.25, -0.2) is 9.97 Å². The Morgan fingerprint density at radius 1 is 1.41 bits per heavy atom. The molecule has 0 aliphatic carbocycles. The van der Waals surface area contributed by atoms with Crippen molar-refractivity contribution in [3.63, 3.8) is 0 Å². The van der Waals surface area contributed by atoms with Crippen molar-refractivity contribution in [2.24, 2.45) is 0 Å². The van der Waals surface area contributed by atoms with Gasteiger partial charge in [0.05, 0.1) is 0 Å². The van der Waals surface area contributed by atoms with E-state index in [1.54, 1.807) is 6.33 Å². The van der Waals surface area contributed by atoms with Crippen LogP contribution in [0.1, 0.15) is 38.7 Å². The number of rotatable bonds is 3. The maximum absolute atomic E-state index is 4.49. The summed E-state index contributed by atoms with van der Waals surface area (Å²) < 4.78 is 0. The molecule has 2 heterocycles. The first-order valence-electron chi connectivity index (χ1n) is 6.46. The second-order valence-electron chi connectivity index (χ2n) is 4.82. The molecule has 4 nitrogen and oxygen atoms in total. The molecule has 17 heavy (non-hydrogen) atoms. The maximum atomic E-state index is 4.49. The van der Waals surface area contributed by atoms with Crippen molar-refractivity contribution >= 4 is 11.6 Å². The standard InChI is InChI=1S/C13H22N4/c1-5-11-7-6-9(2)17(11)13-10(3)12(14-4)15-8-16-13/h8-9,11H,5-7H2,1-4H3,(H,14,15,16). The third-order valence-electron chi connectivity index (χ3n) is 3.80. The van der Waals surface area contributed by atoms with Crippen LogP contribution in [-0.2, 0) is 0 Å². The van der Waals surface area contributed by atoms with E-state index < -0.39 is 0 Å².